The topological polar surface area (TPSA) is 82.1 Å². The fourth-order valence-electron chi connectivity index (χ4n) is 4.10. The third kappa shape index (κ3) is 5.55. The van der Waals surface area contributed by atoms with Crippen LogP contribution in [0.15, 0.2) is 77.8 Å². The highest BCUT2D eigenvalue weighted by atomic mass is 19.1. The number of hydrogen-bond donors (Lipinski definition) is 1. The molecule has 3 aromatic rings. The summed E-state index contributed by atoms with van der Waals surface area (Å²) in [5.41, 5.74) is 2.86. The summed E-state index contributed by atoms with van der Waals surface area (Å²) in [5.74, 6) is -3.14. The van der Waals surface area contributed by atoms with E-state index >= 15 is 0 Å². The van der Waals surface area contributed by atoms with Gasteiger partial charge < -0.3 is 15.1 Å². The van der Waals surface area contributed by atoms with Gasteiger partial charge in [-0.3, -0.25) is 14.4 Å². The number of nitrogens with zero attached hydrogens (tertiary/aromatic N) is 3. The molecule has 3 amide bonds. The SMILES string of the molecule is C[C@@H](C(=O)N[C@H]1N=C(c2ccccc2)c2ccccc2N(C)C1=O)N(C)C(=O)Cc1cc(F)cc(F)c1. The normalized spacial score (nSPS) is 15.8. The summed E-state index contributed by atoms with van der Waals surface area (Å²) in [7, 11) is 3.03. The Bertz CT molecular complexity index is 1360. The third-order valence-corrected chi connectivity index (χ3v) is 6.30. The standard InChI is InChI=1S/C28H26F2N4O3/c1-17(33(2)24(35)15-18-13-20(29)16-21(30)14-18)27(36)32-26-28(37)34(3)23-12-8-7-11-22(23)25(31-26)19-9-5-4-6-10-19/h4-14,16-17,26H,15H2,1-3H3,(H,32,36)/t17-,26+/m0/s1. The zero-order valence-corrected chi connectivity index (χ0v) is 20.6. The van der Waals surface area contributed by atoms with E-state index in [1.807, 2.05) is 48.5 Å². The lowest BCUT2D eigenvalue weighted by atomic mass is 10.0. The van der Waals surface area contributed by atoms with Crippen LogP contribution in [0.2, 0.25) is 0 Å². The van der Waals surface area contributed by atoms with Crippen LogP contribution in [0.25, 0.3) is 0 Å². The first-order chi connectivity index (χ1) is 17.7. The van der Waals surface area contributed by atoms with E-state index in [1.165, 1.54) is 23.8 Å². The first-order valence-electron chi connectivity index (χ1n) is 11.7. The molecule has 0 bridgehead atoms. The highest BCUT2D eigenvalue weighted by Gasteiger charge is 2.33. The van der Waals surface area contributed by atoms with Crippen molar-refractivity contribution in [3.63, 3.8) is 0 Å². The second-order valence-corrected chi connectivity index (χ2v) is 8.80. The molecule has 0 saturated carbocycles. The zero-order chi connectivity index (χ0) is 26.7. The number of amides is 3. The maximum absolute atomic E-state index is 13.5. The Kier molecular flexibility index (Phi) is 7.42. The number of benzodiazepines with no additional fused rings is 1. The minimum absolute atomic E-state index is 0.150. The molecule has 37 heavy (non-hydrogen) atoms. The van der Waals surface area contributed by atoms with Gasteiger partial charge in [-0.2, -0.15) is 0 Å². The van der Waals surface area contributed by atoms with Gasteiger partial charge in [0.1, 0.15) is 17.7 Å². The van der Waals surface area contributed by atoms with Crippen molar-refractivity contribution in [3.8, 4) is 0 Å². The highest BCUT2D eigenvalue weighted by molar-refractivity contribution is 6.20. The molecule has 0 saturated heterocycles. The number of carbonyl (C=O) groups is 3. The van der Waals surface area contributed by atoms with Crippen LogP contribution in [-0.2, 0) is 20.8 Å². The van der Waals surface area contributed by atoms with Crippen LogP contribution in [0.1, 0.15) is 23.6 Å². The summed E-state index contributed by atoms with van der Waals surface area (Å²) in [6.07, 6.45) is -1.53. The Balaban J connectivity index is 1.57. The van der Waals surface area contributed by atoms with Gasteiger partial charge >= 0.3 is 0 Å². The van der Waals surface area contributed by atoms with Gasteiger partial charge in [0.2, 0.25) is 18.0 Å². The molecule has 190 valence electrons. The number of rotatable bonds is 6. The summed E-state index contributed by atoms with van der Waals surface area (Å²) >= 11 is 0. The third-order valence-electron chi connectivity index (χ3n) is 6.30. The number of hydrogen-bond acceptors (Lipinski definition) is 4. The van der Waals surface area contributed by atoms with Crippen LogP contribution in [0.4, 0.5) is 14.5 Å². The molecular weight excluding hydrogens is 478 g/mol. The Hall–Kier alpha value is -4.40. The van der Waals surface area contributed by atoms with E-state index in [4.69, 9.17) is 0 Å². The Morgan fingerprint density at radius 3 is 2.32 bits per heavy atom. The van der Waals surface area contributed by atoms with E-state index in [2.05, 4.69) is 10.3 Å². The van der Waals surface area contributed by atoms with E-state index in [9.17, 15) is 23.2 Å². The highest BCUT2D eigenvalue weighted by Crippen LogP contribution is 2.27. The predicted molar refractivity (Wildman–Crippen MR) is 136 cm³/mol. The van der Waals surface area contributed by atoms with Crippen molar-refractivity contribution in [3.05, 3.63) is 101 Å². The molecule has 1 heterocycles. The van der Waals surface area contributed by atoms with Gasteiger partial charge in [-0.1, -0.05) is 48.5 Å². The maximum Gasteiger partial charge on any atom is 0.272 e. The summed E-state index contributed by atoms with van der Waals surface area (Å²) in [5, 5.41) is 2.66. The van der Waals surface area contributed by atoms with Crippen LogP contribution < -0.4 is 10.2 Å². The molecule has 2 atom stereocenters. The molecule has 3 aromatic carbocycles. The van der Waals surface area contributed by atoms with E-state index in [0.717, 1.165) is 29.3 Å². The van der Waals surface area contributed by atoms with Gasteiger partial charge in [0, 0.05) is 31.3 Å². The number of likely N-dealkylation sites (N-methyl/N-ethyl adjacent to an activating group) is 2. The van der Waals surface area contributed by atoms with E-state index < -0.39 is 41.6 Å². The van der Waals surface area contributed by atoms with Crippen LogP contribution in [0, 0.1) is 11.6 Å². The minimum atomic E-state index is -1.23. The molecule has 0 unspecified atom stereocenters. The first kappa shape index (κ1) is 25.7. The molecule has 0 aliphatic carbocycles. The lowest BCUT2D eigenvalue weighted by Gasteiger charge is -2.26. The molecule has 0 radical (unpaired) electrons. The van der Waals surface area contributed by atoms with Crippen molar-refractivity contribution >= 4 is 29.1 Å². The molecule has 4 rings (SSSR count). The lowest BCUT2D eigenvalue weighted by molar-refractivity contribution is -0.138. The Morgan fingerprint density at radius 2 is 1.65 bits per heavy atom. The molecular formula is C28H26F2N4O3. The van der Waals surface area contributed by atoms with Gasteiger partial charge in [-0.25, -0.2) is 13.8 Å². The van der Waals surface area contributed by atoms with E-state index in [-0.39, 0.29) is 12.0 Å². The minimum Gasteiger partial charge on any atom is -0.334 e. The fourth-order valence-corrected chi connectivity index (χ4v) is 4.10. The largest absolute Gasteiger partial charge is 0.334 e. The Morgan fingerprint density at radius 1 is 1.03 bits per heavy atom. The van der Waals surface area contributed by atoms with Crippen molar-refractivity contribution < 1.29 is 23.2 Å². The maximum atomic E-state index is 13.5. The number of carbonyl (C=O) groups excluding carboxylic acids is 3. The van der Waals surface area contributed by atoms with Crippen molar-refractivity contribution in [2.45, 2.75) is 25.6 Å². The molecule has 1 aliphatic heterocycles. The van der Waals surface area contributed by atoms with Crippen LogP contribution >= 0.6 is 0 Å². The first-order valence-corrected chi connectivity index (χ1v) is 11.7. The molecule has 1 aliphatic rings. The van der Waals surface area contributed by atoms with Gasteiger partial charge in [0.05, 0.1) is 17.8 Å². The lowest BCUT2D eigenvalue weighted by Crippen LogP contribution is -2.52. The molecule has 9 heteroatoms. The van der Waals surface area contributed by atoms with Crippen molar-refractivity contribution in [2.75, 3.05) is 19.0 Å². The second kappa shape index (κ2) is 10.7. The molecule has 7 nitrogen and oxygen atoms in total. The number of benzene rings is 3. The molecule has 0 aromatic heterocycles. The van der Waals surface area contributed by atoms with Crippen molar-refractivity contribution in [1.82, 2.24) is 10.2 Å². The number of nitrogens with one attached hydrogen (secondary N) is 1. The smallest absolute Gasteiger partial charge is 0.272 e. The molecule has 0 spiro atoms. The van der Waals surface area contributed by atoms with Crippen LogP contribution in [0.5, 0.6) is 0 Å². The van der Waals surface area contributed by atoms with Gasteiger partial charge in [0.25, 0.3) is 5.91 Å². The average Bonchev–Trinajstić information content (AvgIpc) is 2.98. The van der Waals surface area contributed by atoms with Crippen LogP contribution in [-0.4, -0.2) is 54.6 Å². The summed E-state index contributed by atoms with van der Waals surface area (Å²) in [6.45, 7) is 1.50. The van der Waals surface area contributed by atoms with Gasteiger partial charge in [0.15, 0.2) is 0 Å². The average molecular weight is 505 g/mol. The predicted octanol–water partition coefficient (Wildman–Crippen LogP) is 3.31. The van der Waals surface area contributed by atoms with Crippen molar-refractivity contribution in [2.24, 2.45) is 4.99 Å². The van der Waals surface area contributed by atoms with Gasteiger partial charge in [-0.05, 0) is 30.7 Å². The summed E-state index contributed by atoms with van der Waals surface area (Å²) < 4.78 is 27.0. The zero-order valence-electron chi connectivity index (χ0n) is 20.6. The van der Waals surface area contributed by atoms with Gasteiger partial charge in [-0.15, -0.1) is 0 Å². The number of fused-ring (bicyclic) bond motifs is 1. The van der Waals surface area contributed by atoms with E-state index in [0.29, 0.717) is 11.4 Å². The number of para-hydroxylation sites is 1. The summed E-state index contributed by atoms with van der Waals surface area (Å²) in [4.78, 5) is 46.4. The molecule has 0 fully saturated rings. The monoisotopic (exact) mass is 504 g/mol. The second-order valence-electron chi connectivity index (χ2n) is 8.80. The molecule has 1 N–H and O–H groups in total. The fraction of sp³-hybridized carbons (Fsp3) is 0.214. The van der Waals surface area contributed by atoms with E-state index in [1.54, 1.807) is 13.1 Å². The number of aliphatic imine (C=N–C) groups is 1. The number of halogens is 2. The van der Waals surface area contributed by atoms with Crippen molar-refractivity contribution in [1.29, 1.82) is 0 Å². The Labute approximate surface area is 213 Å². The number of anilines is 1. The van der Waals surface area contributed by atoms with Crippen LogP contribution in [0.3, 0.4) is 0 Å². The quantitative estimate of drug-likeness (QED) is 0.559. The summed E-state index contributed by atoms with van der Waals surface area (Å²) in [6, 6.07) is 18.5.